The summed E-state index contributed by atoms with van der Waals surface area (Å²) in [6.45, 7) is 10.0. The molecule has 0 unspecified atom stereocenters. The molecule has 2 amide bonds. The number of rotatable bonds is 5. The second-order valence-corrected chi connectivity index (χ2v) is 9.28. The van der Waals surface area contributed by atoms with Gasteiger partial charge in [-0.05, 0) is 26.0 Å². The van der Waals surface area contributed by atoms with Crippen molar-refractivity contribution in [2.45, 2.75) is 46.1 Å². The fourth-order valence-corrected chi connectivity index (χ4v) is 3.31. The normalized spacial score (nSPS) is 11.6. The van der Waals surface area contributed by atoms with Gasteiger partial charge in [-0.1, -0.05) is 20.8 Å². The monoisotopic (exact) mass is 479 g/mol. The third-order valence-corrected chi connectivity index (χ3v) is 5.09. The predicted molar refractivity (Wildman–Crippen MR) is 131 cm³/mol. The van der Waals surface area contributed by atoms with E-state index in [-0.39, 0.29) is 28.5 Å². The summed E-state index contributed by atoms with van der Waals surface area (Å²) >= 11 is 0. The fraction of sp³-hybridized carbons (Fsp3) is 0.292. The molecule has 4 aromatic rings. The number of aromatic amines is 1. The summed E-state index contributed by atoms with van der Waals surface area (Å²) < 4.78 is 22.2. The van der Waals surface area contributed by atoms with Crippen LogP contribution in [0.3, 0.4) is 0 Å². The number of halogens is 1. The van der Waals surface area contributed by atoms with Gasteiger partial charge in [0.15, 0.2) is 11.4 Å². The first-order chi connectivity index (χ1) is 16.5. The van der Waals surface area contributed by atoms with E-state index < -0.39 is 17.4 Å². The van der Waals surface area contributed by atoms with E-state index in [1.165, 1.54) is 18.3 Å². The van der Waals surface area contributed by atoms with E-state index in [9.17, 15) is 14.0 Å². The van der Waals surface area contributed by atoms with E-state index >= 15 is 0 Å². The van der Waals surface area contributed by atoms with Gasteiger partial charge in [-0.15, -0.1) is 0 Å². The van der Waals surface area contributed by atoms with Gasteiger partial charge in [0.1, 0.15) is 22.9 Å². The molecule has 0 aliphatic carbocycles. The van der Waals surface area contributed by atoms with E-state index in [4.69, 9.17) is 4.74 Å². The summed E-state index contributed by atoms with van der Waals surface area (Å²) in [5.41, 5.74) is 0.791. The number of amides is 2. The molecule has 3 N–H and O–H groups in total. The van der Waals surface area contributed by atoms with Gasteiger partial charge in [-0.25, -0.2) is 23.8 Å². The van der Waals surface area contributed by atoms with Crippen LogP contribution in [0.25, 0.3) is 11.2 Å². The molecule has 4 rings (SSSR count). The molecule has 0 bridgehead atoms. The molecule has 11 heteroatoms. The van der Waals surface area contributed by atoms with Crippen molar-refractivity contribution >= 4 is 28.7 Å². The molecule has 0 spiro atoms. The molecular weight excluding hydrogens is 453 g/mol. The third-order valence-electron chi connectivity index (χ3n) is 5.09. The molecule has 0 aliphatic heterocycles. The molecule has 3 aromatic heterocycles. The number of H-pyrrole nitrogens is 1. The van der Waals surface area contributed by atoms with Crippen molar-refractivity contribution in [2.75, 3.05) is 10.6 Å². The number of carbonyl (C=O) groups excluding carboxylic acids is 1. The Morgan fingerprint density at radius 3 is 2.60 bits per heavy atom. The van der Waals surface area contributed by atoms with Gasteiger partial charge in [-0.2, -0.15) is 5.10 Å². The zero-order chi connectivity index (χ0) is 25.3. The number of hydrogen-bond acceptors (Lipinski definition) is 6. The summed E-state index contributed by atoms with van der Waals surface area (Å²) in [5.74, 6) is 0.297. The van der Waals surface area contributed by atoms with Gasteiger partial charge in [0.25, 0.3) is 5.56 Å². The number of ether oxygens (including phenoxy) is 1. The first-order valence-electron chi connectivity index (χ1n) is 11.0. The number of urea groups is 1. The molecule has 1 aromatic carbocycles. The Balaban J connectivity index is 1.50. The van der Waals surface area contributed by atoms with E-state index in [0.717, 1.165) is 18.0 Å². The maximum Gasteiger partial charge on any atom is 0.324 e. The Hall–Kier alpha value is -4.28. The van der Waals surface area contributed by atoms with Crippen molar-refractivity contribution in [3.8, 4) is 11.5 Å². The molecule has 182 valence electrons. The zero-order valence-corrected chi connectivity index (χ0v) is 20.0. The topological polar surface area (TPSA) is 127 Å². The summed E-state index contributed by atoms with van der Waals surface area (Å²) in [6.07, 6.45) is 2.55. The number of hydrogen-bond donors (Lipinski definition) is 3. The Bertz CT molecular complexity index is 1450. The molecule has 0 atom stereocenters. The molecule has 35 heavy (non-hydrogen) atoms. The number of benzene rings is 1. The maximum absolute atomic E-state index is 14.8. The van der Waals surface area contributed by atoms with Crippen molar-refractivity contribution in [3.63, 3.8) is 0 Å². The number of pyridine rings is 1. The second-order valence-electron chi connectivity index (χ2n) is 9.28. The highest BCUT2D eigenvalue weighted by molar-refractivity contribution is 5.99. The van der Waals surface area contributed by atoms with Crippen LogP contribution in [0.5, 0.6) is 11.5 Å². The van der Waals surface area contributed by atoms with E-state index in [2.05, 4.69) is 30.7 Å². The summed E-state index contributed by atoms with van der Waals surface area (Å²) in [6, 6.07) is 6.82. The molecule has 0 aliphatic rings. The minimum Gasteiger partial charge on any atom is -0.455 e. The number of fused-ring (bicyclic) bond motifs is 1. The number of nitrogens with one attached hydrogen (secondary N) is 3. The minimum absolute atomic E-state index is 0.0196. The van der Waals surface area contributed by atoms with Crippen molar-refractivity contribution < 1.29 is 13.9 Å². The highest BCUT2D eigenvalue weighted by atomic mass is 19.1. The molecule has 0 fully saturated rings. The lowest BCUT2D eigenvalue weighted by atomic mass is 9.92. The lowest BCUT2D eigenvalue weighted by molar-refractivity contribution is 0.261. The number of carbonyl (C=O) groups is 1. The third kappa shape index (κ3) is 5.29. The van der Waals surface area contributed by atoms with Gasteiger partial charge >= 0.3 is 6.03 Å². The highest BCUT2D eigenvalue weighted by Crippen LogP contribution is 2.29. The van der Waals surface area contributed by atoms with Crippen LogP contribution >= 0.6 is 0 Å². The average Bonchev–Trinajstić information content (AvgIpc) is 3.20. The van der Waals surface area contributed by atoms with Crippen LogP contribution in [0.2, 0.25) is 0 Å². The molecule has 3 heterocycles. The van der Waals surface area contributed by atoms with Crippen molar-refractivity contribution in [1.29, 1.82) is 0 Å². The second kappa shape index (κ2) is 9.16. The van der Waals surface area contributed by atoms with Gasteiger partial charge in [0, 0.05) is 35.9 Å². The number of anilines is 2. The molecular formula is C24H26FN7O3. The van der Waals surface area contributed by atoms with Crippen LogP contribution in [-0.4, -0.2) is 30.8 Å². The van der Waals surface area contributed by atoms with Gasteiger partial charge in [0.05, 0.1) is 17.6 Å². The largest absolute Gasteiger partial charge is 0.455 e. The average molecular weight is 480 g/mol. The number of nitrogens with zero attached hydrogens (tertiary/aromatic N) is 4. The molecule has 0 radical (unpaired) electrons. The van der Waals surface area contributed by atoms with Crippen LogP contribution in [0.4, 0.5) is 20.7 Å². The molecule has 0 saturated heterocycles. The Morgan fingerprint density at radius 2 is 1.91 bits per heavy atom. The number of aromatic nitrogens is 5. The van der Waals surface area contributed by atoms with E-state index in [0.29, 0.717) is 17.1 Å². The first-order valence-corrected chi connectivity index (χ1v) is 11.0. The van der Waals surface area contributed by atoms with Crippen molar-refractivity contribution in [2.24, 2.45) is 0 Å². The molecule has 10 nitrogen and oxygen atoms in total. The Kier molecular flexibility index (Phi) is 6.25. The predicted octanol–water partition coefficient (Wildman–Crippen LogP) is 4.97. The smallest absolute Gasteiger partial charge is 0.324 e. The van der Waals surface area contributed by atoms with Gasteiger partial charge < -0.3 is 15.0 Å². The van der Waals surface area contributed by atoms with E-state index in [1.807, 2.05) is 40.7 Å². The van der Waals surface area contributed by atoms with Crippen molar-refractivity contribution in [3.05, 3.63) is 64.6 Å². The maximum atomic E-state index is 14.8. The fourth-order valence-electron chi connectivity index (χ4n) is 3.31. The zero-order valence-electron chi connectivity index (χ0n) is 20.0. The van der Waals surface area contributed by atoms with Crippen LogP contribution in [-0.2, 0) is 5.41 Å². The Morgan fingerprint density at radius 1 is 1.14 bits per heavy atom. The Labute approximate surface area is 200 Å². The lowest BCUT2D eigenvalue weighted by Gasteiger charge is -2.14. The lowest BCUT2D eigenvalue weighted by Crippen LogP contribution is -2.22. The van der Waals surface area contributed by atoms with Crippen molar-refractivity contribution in [1.82, 2.24) is 24.7 Å². The van der Waals surface area contributed by atoms with Crippen LogP contribution < -0.4 is 20.9 Å². The van der Waals surface area contributed by atoms with E-state index in [1.54, 1.807) is 10.7 Å². The van der Waals surface area contributed by atoms with Gasteiger partial charge in [0.2, 0.25) is 0 Å². The SMILES string of the molecule is CC(C)n1nc(C(C)(C)C)cc1NC(=O)Nc1ccc(Oc2ccnc3[nH]c(=O)cnc23)cc1F. The standard InChI is InChI=1S/C24H26FN7O3/c1-13(2)32-19(11-18(31-32)24(3,4)5)29-23(34)28-16-7-6-14(10-15(16)25)35-17-8-9-26-22-21(17)27-12-20(33)30-22/h6-13H,1-5H3,(H,26,30,33)(H2,28,29,34). The van der Waals surface area contributed by atoms with Gasteiger partial charge in [-0.3, -0.25) is 10.1 Å². The van der Waals surface area contributed by atoms with Crippen LogP contribution in [0, 0.1) is 5.82 Å². The summed E-state index contributed by atoms with van der Waals surface area (Å²) in [7, 11) is 0. The summed E-state index contributed by atoms with van der Waals surface area (Å²) in [5, 5.41) is 9.85. The quantitative estimate of drug-likeness (QED) is 0.371. The first kappa shape index (κ1) is 23.9. The van der Waals surface area contributed by atoms with Crippen LogP contribution in [0.1, 0.15) is 46.4 Å². The highest BCUT2D eigenvalue weighted by Gasteiger charge is 2.22. The minimum atomic E-state index is -0.690. The van der Waals surface area contributed by atoms with Crippen LogP contribution in [0.15, 0.2) is 47.5 Å². The molecule has 0 saturated carbocycles. The summed E-state index contributed by atoms with van der Waals surface area (Å²) in [4.78, 5) is 34.7.